The van der Waals surface area contributed by atoms with Gasteiger partial charge in [0.05, 0.1) is 4.92 Å². The largest absolute Gasteiger partial charge is 0.380 e. The highest BCUT2D eigenvalue weighted by atomic mass is 35.5. The maximum atomic E-state index is 10.2. The first kappa shape index (κ1) is 13.2. The number of nitro groups is 1. The Morgan fingerprint density at radius 2 is 2.41 bits per heavy atom. The lowest BCUT2D eigenvalue weighted by Gasteiger charge is -2.16. The fourth-order valence-electron chi connectivity index (χ4n) is 1.19. The fraction of sp³-hybridized carbons (Fsp3) is 0.300. The third-order valence-electron chi connectivity index (χ3n) is 2.20. The molecule has 0 unspecified atom stereocenters. The van der Waals surface area contributed by atoms with E-state index in [0.29, 0.717) is 18.1 Å². The molecule has 92 valence electrons. The average molecular weight is 257 g/mol. The van der Waals surface area contributed by atoms with Crippen LogP contribution in [0.15, 0.2) is 30.4 Å². The lowest BCUT2D eigenvalue weighted by molar-refractivity contribution is -0.404. The molecule has 7 heteroatoms. The second kappa shape index (κ2) is 6.05. The van der Waals surface area contributed by atoms with Gasteiger partial charge in [0.25, 0.3) is 6.20 Å². The number of nitrogens with two attached hydrogens (primary N) is 1. The summed E-state index contributed by atoms with van der Waals surface area (Å²) in [5.74, 6) is 0.122. The number of likely N-dealkylation sites (N-methyl/N-ethyl adjacent to an activating group) is 1. The predicted octanol–water partition coefficient (Wildman–Crippen LogP) is 1.24. The Labute approximate surface area is 104 Å². The van der Waals surface area contributed by atoms with E-state index >= 15 is 0 Å². The Kier molecular flexibility index (Phi) is 4.71. The second-order valence-corrected chi connectivity index (χ2v) is 3.89. The molecule has 0 saturated carbocycles. The van der Waals surface area contributed by atoms with Crippen LogP contribution in [-0.2, 0) is 6.42 Å². The number of nitrogens with zero attached hydrogens (tertiary/aromatic N) is 3. The third-order valence-corrected chi connectivity index (χ3v) is 2.43. The van der Waals surface area contributed by atoms with E-state index in [1.165, 1.54) is 0 Å². The Balaban J connectivity index is 2.50. The van der Waals surface area contributed by atoms with Crippen molar-refractivity contribution in [1.29, 1.82) is 0 Å². The van der Waals surface area contributed by atoms with Crippen LogP contribution in [0.4, 0.5) is 0 Å². The minimum atomic E-state index is -0.574. The number of hydrogen-bond acceptors (Lipinski definition) is 5. The predicted molar refractivity (Wildman–Crippen MR) is 64.8 cm³/mol. The number of pyridine rings is 1. The summed E-state index contributed by atoms with van der Waals surface area (Å²) in [5.41, 5.74) is 6.51. The summed E-state index contributed by atoms with van der Waals surface area (Å²) >= 11 is 5.66. The molecule has 0 aromatic carbocycles. The molecule has 1 aromatic rings. The monoisotopic (exact) mass is 256 g/mol. The van der Waals surface area contributed by atoms with Crippen LogP contribution in [0.5, 0.6) is 0 Å². The molecule has 0 radical (unpaired) electrons. The van der Waals surface area contributed by atoms with Gasteiger partial charge < -0.3 is 10.6 Å². The highest BCUT2D eigenvalue weighted by Crippen LogP contribution is 2.06. The topological polar surface area (TPSA) is 85.3 Å². The van der Waals surface area contributed by atoms with Gasteiger partial charge in [0.15, 0.2) is 5.82 Å². The highest BCUT2D eigenvalue weighted by Gasteiger charge is 2.05. The molecule has 1 aromatic heterocycles. The van der Waals surface area contributed by atoms with Crippen LogP contribution < -0.4 is 5.73 Å². The zero-order valence-electron chi connectivity index (χ0n) is 9.34. The molecule has 0 aliphatic rings. The Morgan fingerprint density at radius 1 is 1.71 bits per heavy atom. The van der Waals surface area contributed by atoms with E-state index in [4.69, 9.17) is 17.3 Å². The van der Waals surface area contributed by atoms with Gasteiger partial charge in [0.1, 0.15) is 5.15 Å². The molecule has 1 heterocycles. The molecule has 0 amide bonds. The van der Waals surface area contributed by atoms with Gasteiger partial charge in [0.2, 0.25) is 0 Å². The van der Waals surface area contributed by atoms with Gasteiger partial charge in [-0.05, 0) is 18.1 Å². The van der Waals surface area contributed by atoms with Gasteiger partial charge in [-0.15, -0.1) is 0 Å². The molecule has 0 bridgehead atoms. The maximum absolute atomic E-state index is 10.2. The van der Waals surface area contributed by atoms with E-state index in [2.05, 4.69) is 4.98 Å². The van der Waals surface area contributed by atoms with Crippen LogP contribution in [0, 0.1) is 10.1 Å². The molecule has 1 rings (SSSR count). The minimum Gasteiger partial charge on any atom is -0.380 e. The van der Waals surface area contributed by atoms with Crippen LogP contribution >= 0.6 is 11.6 Å². The van der Waals surface area contributed by atoms with Crippen molar-refractivity contribution in [3.63, 3.8) is 0 Å². The summed E-state index contributed by atoms with van der Waals surface area (Å²) in [6, 6.07) is 3.56. The van der Waals surface area contributed by atoms with Crippen LogP contribution in [0.25, 0.3) is 0 Å². The van der Waals surface area contributed by atoms with E-state index in [1.54, 1.807) is 24.2 Å². The quantitative estimate of drug-likeness (QED) is 0.487. The summed E-state index contributed by atoms with van der Waals surface area (Å²) in [5, 5.41) is 10.7. The molecule has 2 N–H and O–H groups in total. The molecule has 0 saturated heterocycles. The summed E-state index contributed by atoms with van der Waals surface area (Å²) in [6.45, 7) is 0.569. The average Bonchev–Trinajstić information content (AvgIpc) is 2.27. The van der Waals surface area contributed by atoms with Crippen LogP contribution in [-0.4, -0.2) is 28.4 Å². The first-order chi connectivity index (χ1) is 7.99. The van der Waals surface area contributed by atoms with Crippen molar-refractivity contribution >= 4 is 11.6 Å². The van der Waals surface area contributed by atoms with Gasteiger partial charge in [0, 0.05) is 19.8 Å². The van der Waals surface area contributed by atoms with Gasteiger partial charge in [-0.25, -0.2) is 4.98 Å². The molecule has 6 nitrogen and oxygen atoms in total. The van der Waals surface area contributed by atoms with E-state index in [1.807, 2.05) is 6.07 Å². The Hall–Kier alpha value is -1.82. The minimum absolute atomic E-state index is 0.122. The maximum Gasteiger partial charge on any atom is 0.274 e. The summed E-state index contributed by atoms with van der Waals surface area (Å²) in [6.07, 6.45) is 3.14. The summed E-state index contributed by atoms with van der Waals surface area (Å²) in [4.78, 5) is 15.2. The lowest BCUT2D eigenvalue weighted by atomic mass is 10.2. The fourth-order valence-corrected chi connectivity index (χ4v) is 1.30. The van der Waals surface area contributed by atoms with Gasteiger partial charge in [-0.3, -0.25) is 10.1 Å². The Morgan fingerprint density at radius 3 is 2.94 bits per heavy atom. The first-order valence-corrected chi connectivity index (χ1v) is 5.29. The van der Waals surface area contributed by atoms with Gasteiger partial charge in [-0.2, -0.15) is 0 Å². The number of hydrogen-bond donors (Lipinski definition) is 1. The zero-order valence-corrected chi connectivity index (χ0v) is 10.1. The number of aromatic nitrogens is 1. The van der Waals surface area contributed by atoms with E-state index in [-0.39, 0.29) is 5.82 Å². The highest BCUT2D eigenvalue weighted by molar-refractivity contribution is 6.29. The molecule has 0 fully saturated rings. The van der Waals surface area contributed by atoms with Crippen molar-refractivity contribution < 1.29 is 4.92 Å². The van der Waals surface area contributed by atoms with Crippen LogP contribution in [0.1, 0.15) is 5.56 Å². The van der Waals surface area contributed by atoms with Crippen LogP contribution in [0.3, 0.4) is 0 Å². The molecule has 0 atom stereocenters. The standard InChI is InChI=1S/C10H13ClN4O2/c1-14(10(12)7-15(16)17)5-4-8-2-3-9(11)13-6-8/h2-3,6-7H,4-5,12H2,1H3. The molecule has 0 aliphatic heterocycles. The molecule has 0 aliphatic carbocycles. The SMILES string of the molecule is CN(CCc1ccc(Cl)nc1)C(N)=C[N+](=O)[O-]. The second-order valence-electron chi connectivity index (χ2n) is 3.50. The smallest absolute Gasteiger partial charge is 0.274 e. The molecule has 0 spiro atoms. The van der Waals surface area contributed by atoms with Gasteiger partial charge in [-0.1, -0.05) is 17.7 Å². The molecular weight excluding hydrogens is 244 g/mol. The summed E-state index contributed by atoms with van der Waals surface area (Å²) < 4.78 is 0. The molecule has 17 heavy (non-hydrogen) atoms. The van der Waals surface area contributed by atoms with E-state index in [9.17, 15) is 10.1 Å². The van der Waals surface area contributed by atoms with E-state index < -0.39 is 4.92 Å². The normalized spacial score (nSPS) is 11.3. The number of halogens is 1. The third kappa shape index (κ3) is 4.69. The van der Waals surface area contributed by atoms with Crippen molar-refractivity contribution in [1.82, 2.24) is 9.88 Å². The van der Waals surface area contributed by atoms with Crippen LogP contribution in [0.2, 0.25) is 5.15 Å². The lowest BCUT2D eigenvalue weighted by Crippen LogP contribution is -2.26. The van der Waals surface area contributed by atoms with Crippen molar-refractivity contribution in [2.24, 2.45) is 5.73 Å². The number of rotatable bonds is 5. The zero-order chi connectivity index (χ0) is 12.8. The van der Waals surface area contributed by atoms with Gasteiger partial charge >= 0.3 is 0 Å². The summed E-state index contributed by atoms with van der Waals surface area (Å²) in [7, 11) is 1.69. The first-order valence-electron chi connectivity index (χ1n) is 4.91. The molecular formula is C10H13ClN4O2. The van der Waals surface area contributed by atoms with Crippen molar-refractivity contribution in [3.05, 3.63) is 51.2 Å². The van der Waals surface area contributed by atoms with Crippen molar-refractivity contribution in [3.8, 4) is 0 Å². The van der Waals surface area contributed by atoms with Crippen molar-refractivity contribution in [2.75, 3.05) is 13.6 Å². The van der Waals surface area contributed by atoms with Crippen molar-refractivity contribution in [2.45, 2.75) is 6.42 Å². The Bertz CT molecular complexity index is 419. The van der Waals surface area contributed by atoms with E-state index in [0.717, 1.165) is 11.8 Å².